The van der Waals surface area contributed by atoms with Crippen LogP contribution in [0.3, 0.4) is 0 Å². The summed E-state index contributed by atoms with van der Waals surface area (Å²) in [6.45, 7) is 31.3. The Balaban J connectivity index is 1.68. The van der Waals surface area contributed by atoms with Crippen LogP contribution < -0.4 is 0 Å². The van der Waals surface area contributed by atoms with E-state index in [-0.39, 0.29) is 23.7 Å². The largest absolute Gasteiger partial charge is 0.245 e. The van der Waals surface area contributed by atoms with Gasteiger partial charge in [0.1, 0.15) is 0 Å². The van der Waals surface area contributed by atoms with E-state index in [2.05, 4.69) is 186 Å². The van der Waals surface area contributed by atoms with Crippen molar-refractivity contribution < 1.29 is 0 Å². The van der Waals surface area contributed by atoms with Gasteiger partial charge in [-0.15, -0.1) is 13.2 Å². The number of aliphatic imine (C=N–C) groups is 2. The summed E-state index contributed by atoms with van der Waals surface area (Å²) in [7, 11) is 0. The predicted molar refractivity (Wildman–Crippen MR) is 258 cm³/mol. The van der Waals surface area contributed by atoms with Crippen molar-refractivity contribution in [2.75, 3.05) is 0 Å². The van der Waals surface area contributed by atoms with Gasteiger partial charge in [-0.1, -0.05) is 172 Å². The molecule has 0 fully saturated rings. The lowest BCUT2D eigenvalue weighted by Crippen LogP contribution is -2.13. The van der Waals surface area contributed by atoms with Crippen LogP contribution in [0.15, 0.2) is 138 Å². The molecule has 1 aliphatic carbocycles. The Morgan fingerprint density at radius 1 is 0.475 bits per heavy atom. The lowest BCUT2D eigenvalue weighted by Gasteiger charge is -2.25. The number of allylic oxidation sites excluding steroid dienone is 2. The molecule has 0 atom stereocenters. The zero-order valence-electron chi connectivity index (χ0n) is 37.1. The van der Waals surface area contributed by atoms with Gasteiger partial charge in [-0.25, -0.2) is 9.98 Å². The molecule has 0 heterocycles. The van der Waals surface area contributed by atoms with Gasteiger partial charge < -0.3 is 0 Å². The van der Waals surface area contributed by atoms with Crippen LogP contribution in [0.25, 0.3) is 33.0 Å². The second-order valence-corrected chi connectivity index (χ2v) is 17.9. The average Bonchev–Trinajstić information content (AvgIpc) is 3.50. The third-order valence-electron chi connectivity index (χ3n) is 12.0. The Labute approximate surface area is 354 Å². The number of benzene rings is 6. The third-order valence-corrected chi connectivity index (χ3v) is 12.0. The second kappa shape index (κ2) is 17.3. The zero-order chi connectivity index (χ0) is 42.1. The summed E-state index contributed by atoms with van der Waals surface area (Å²) in [5, 5.41) is 2.53. The van der Waals surface area contributed by atoms with Crippen molar-refractivity contribution >= 4 is 33.6 Å². The summed E-state index contributed by atoms with van der Waals surface area (Å²) >= 11 is 0. The van der Waals surface area contributed by atoms with E-state index in [0.717, 1.165) is 46.8 Å². The van der Waals surface area contributed by atoms with E-state index in [1.54, 1.807) is 0 Å². The van der Waals surface area contributed by atoms with Crippen molar-refractivity contribution in [3.63, 3.8) is 0 Å². The van der Waals surface area contributed by atoms with Crippen LogP contribution in [0, 0.1) is 0 Å². The number of nitrogens with zero attached hydrogens (tertiary/aromatic N) is 2. The van der Waals surface area contributed by atoms with E-state index in [1.165, 1.54) is 72.0 Å². The van der Waals surface area contributed by atoms with E-state index in [9.17, 15) is 0 Å². The highest BCUT2D eigenvalue weighted by Gasteiger charge is 2.32. The molecule has 2 nitrogen and oxygen atoms in total. The fraction of sp³-hybridized carbons (Fsp3) is 0.298. The Morgan fingerprint density at radius 2 is 1.00 bits per heavy atom. The molecular weight excluding hydrogens is 713 g/mol. The van der Waals surface area contributed by atoms with Crippen LogP contribution in [-0.2, 0) is 12.8 Å². The van der Waals surface area contributed by atoms with E-state index in [0.29, 0.717) is 5.92 Å². The van der Waals surface area contributed by atoms with Crippen LogP contribution in [0.5, 0.6) is 0 Å². The van der Waals surface area contributed by atoms with Crippen LogP contribution in [0.2, 0.25) is 0 Å². The minimum atomic E-state index is 0.210. The second-order valence-electron chi connectivity index (χ2n) is 17.9. The number of hydrogen-bond donors (Lipinski definition) is 0. The summed E-state index contributed by atoms with van der Waals surface area (Å²) < 4.78 is 0. The quantitative estimate of drug-likeness (QED) is 0.104. The molecule has 0 saturated carbocycles. The number of rotatable bonds is 13. The molecule has 0 saturated heterocycles. The molecule has 59 heavy (non-hydrogen) atoms. The third kappa shape index (κ3) is 7.95. The lowest BCUT2D eigenvalue weighted by molar-refractivity contribution is 0.830. The van der Waals surface area contributed by atoms with E-state index < -0.39 is 0 Å². The van der Waals surface area contributed by atoms with Crippen LogP contribution in [0.4, 0.5) is 11.4 Å². The van der Waals surface area contributed by atoms with Crippen LogP contribution >= 0.6 is 0 Å². The van der Waals surface area contributed by atoms with E-state index in [4.69, 9.17) is 9.98 Å². The minimum Gasteiger partial charge on any atom is -0.245 e. The fourth-order valence-electron chi connectivity index (χ4n) is 9.10. The minimum absolute atomic E-state index is 0.210. The van der Waals surface area contributed by atoms with Gasteiger partial charge in [0.05, 0.1) is 22.8 Å². The monoisotopic (exact) mass is 774 g/mol. The molecule has 7 rings (SSSR count). The first kappa shape index (κ1) is 41.6. The van der Waals surface area contributed by atoms with Crippen LogP contribution in [0.1, 0.15) is 149 Å². The highest BCUT2D eigenvalue weighted by atomic mass is 14.9. The lowest BCUT2D eigenvalue weighted by atomic mass is 9.82. The standard InChI is InChI=1S/C57H62N2/c1-13-21-39-29-46(35(5)6)54(47(30-39)36(7)8)58-57-50-33-43(40-23-17-15-18-24-40)32-49-44(34(3)4)27-28-45(53(49)50)56(57)59-55-48(37(9)10)31-42(22-14-2)52(51(55)38(11)12)41-25-19-16-20-26-41/h13-20,23-38H,1-2,21-22H2,3-12H3. The van der Waals surface area contributed by atoms with Gasteiger partial charge in [0.2, 0.25) is 0 Å². The molecule has 0 bridgehead atoms. The number of hydrogen-bond acceptors (Lipinski definition) is 2. The van der Waals surface area contributed by atoms with Gasteiger partial charge in [-0.3, -0.25) is 0 Å². The Kier molecular flexibility index (Phi) is 12.2. The summed E-state index contributed by atoms with van der Waals surface area (Å²) in [5.41, 5.74) is 20.2. The zero-order valence-corrected chi connectivity index (χ0v) is 37.1. The molecule has 0 aromatic heterocycles. The van der Waals surface area contributed by atoms with Crippen molar-refractivity contribution in [3.05, 3.63) is 179 Å². The maximum absolute atomic E-state index is 6.03. The molecule has 6 aromatic rings. The topological polar surface area (TPSA) is 24.7 Å². The van der Waals surface area contributed by atoms with Gasteiger partial charge in [0, 0.05) is 16.5 Å². The SMILES string of the molecule is C=CCc1cc(C(C)C)c(N=C2C(=Nc3c(C(C)C)cc(CC=C)c(-c4ccccc4)c3C(C)C)c3ccc(C(C)C)c4cc(-c5ccccc5)cc2c34)c(C(C)C)c1. The summed E-state index contributed by atoms with van der Waals surface area (Å²) in [5.74, 6) is 1.34. The molecular formula is C57H62N2. The van der Waals surface area contributed by atoms with Gasteiger partial charge >= 0.3 is 0 Å². The molecule has 0 amide bonds. The van der Waals surface area contributed by atoms with Crippen molar-refractivity contribution in [2.45, 2.75) is 112 Å². The molecule has 300 valence electrons. The highest BCUT2D eigenvalue weighted by molar-refractivity contribution is 6.61. The summed E-state index contributed by atoms with van der Waals surface area (Å²) in [6.07, 6.45) is 5.66. The maximum atomic E-state index is 6.03. The normalized spacial score (nSPS) is 14.0. The molecule has 0 aliphatic heterocycles. The molecule has 6 aromatic carbocycles. The molecule has 1 aliphatic rings. The fourth-order valence-corrected chi connectivity index (χ4v) is 9.10. The first-order chi connectivity index (χ1) is 28.3. The van der Waals surface area contributed by atoms with Gasteiger partial charge in [-0.2, -0.15) is 0 Å². The van der Waals surface area contributed by atoms with Crippen molar-refractivity contribution in [1.82, 2.24) is 0 Å². The Bertz CT molecular complexity index is 2570. The smallest absolute Gasteiger partial charge is 0.0979 e. The van der Waals surface area contributed by atoms with E-state index >= 15 is 0 Å². The maximum Gasteiger partial charge on any atom is 0.0979 e. The van der Waals surface area contributed by atoms with Crippen molar-refractivity contribution in [2.24, 2.45) is 9.98 Å². The molecule has 0 spiro atoms. The molecule has 0 unspecified atom stereocenters. The summed E-state index contributed by atoms with van der Waals surface area (Å²) in [6, 6.07) is 38.3. The average molecular weight is 775 g/mol. The Hall–Kier alpha value is -5.60. The molecule has 2 heteroatoms. The van der Waals surface area contributed by atoms with E-state index in [1.807, 2.05) is 12.2 Å². The van der Waals surface area contributed by atoms with Gasteiger partial charge in [0.25, 0.3) is 0 Å². The van der Waals surface area contributed by atoms with Crippen LogP contribution in [-0.4, -0.2) is 11.4 Å². The molecule has 0 radical (unpaired) electrons. The molecule has 0 N–H and O–H groups in total. The predicted octanol–water partition coefficient (Wildman–Crippen LogP) is 16.5. The van der Waals surface area contributed by atoms with Gasteiger partial charge in [-0.05, 0) is 121 Å². The summed E-state index contributed by atoms with van der Waals surface area (Å²) in [4.78, 5) is 12.0. The first-order valence-corrected chi connectivity index (χ1v) is 21.8. The highest BCUT2D eigenvalue weighted by Crippen LogP contribution is 2.47. The van der Waals surface area contributed by atoms with Crippen molar-refractivity contribution in [3.8, 4) is 22.3 Å². The van der Waals surface area contributed by atoms with Gasteiger partial charge in [0.15, 0.2) is 0 Å². The Morgan fingerprint density at radius 3 is 1.54 bits per heavy atom. The van der Waals surface area contributed by atoms with Crippen molar-refractivity contribution in [1.29, 1.82) is 0 Å². The first-order valence-electron chi connectivity index (χ1n) is 21.8.